The monoisotopic (exact) mass is 344 g/mol. The molecule has 0 bridgehead atoms. The van der Waals surface area contributed by atoms with Crippen LogP contribution in [0, 0.1) is 5.82 Å². The van der Waals surface area contributed by atoms with Crippen molar-refractivity contribution >= 4 is 37.1 Å². The molecule has 0 saturated heterocycles. The lowest BCUT2D eigenvalue weighted by atomic mass is 10.3. The maximum Gasteiger partial charge on any atom is 0.242 e. The van der Waals surface area contributed by atoms with E-state index >= 15 is 0 Å². The predicted octanol–water partition coefficient (Wildman–Crippen LogP) is 0.773. The minimum absolute atomic E-state index is 0.337. The molecular weight excluding hydrogens is 331 g/mol. The average Bonchev–Trinajstić information content (AvgIpc) is 2.19. The maximum absolute atomic E-state index is 13.1. The number of halogens is 2. The number of sulfonamides is 1. The molecule has 0 fully saturated rings. The second-order valence-corrected chi connectivity index (χ2v) is 8.69. The summed E-state index contributed by atoms with van der Waals surface area (Å²) in [5.41, 5.74) is 4.93. The van der Waals surface area contributed by atoms with Crippen molar-refractivity contribution in [3.8, 4) is 0 Å². The molecule has 1 aromatic rings. The van der Waals surface area contributed by atoms with Crippen LogP contribution in [0.3, 0.4) is 0 Å². The van der Waals surface area contributed by atoms with Crippen molar-refractivity contribution in [3.05, 3.63) is 23.0 Å². The molecule has 0 aliphatic carbocycles. The van der Waals surface area contributed by atoms with E-state index in [0.29, 0.717) is 0 Å². The number of nitrogens with two attached hydrogens (primary N) is 1. The van der Waals surface area contributed by atoms with Gasteiger partial charge >= 0.3 is 0 Å². The Balaban J connectivity index is 3.09. The van der Waals surface area contributed by atoms with Crippen molar-refractivity contribution in [2.75, 3.05) is 17.7 Å². The van der Waals surface area contributed by atoms with Gasteiger partial charge in [0, 0.05) is 12.3 Å². The van der Waals surface area contributed by atoms with Crippen LogP contribution < -0.4 is 10.5 Å². The summed E-state index contributed by atoms with van der Waals surface area (Å²) in [6.45, 7) is 1.39. The number of hydrogen-bond donors (Lipinski definition) is 2. The number of rotatable bonds is 5. The Hall–Kier alpha value is -0.900. The van der Waals surface area contributed by atoms with Gasteiger partial charge in [-0.15, -0.1) is 0 Å². The molecule has 0 aliphatic rings. The Morgan fingerprint density at radius 3 is 2.40 bits per heavy atom. The highest BCUT2D eigenvalue weighted by Gasteiger charge is 2.23. The fourth-order valence-corrected chi connectivity index (χ4v) is 4.46. The van der Waals surface area contributed by atoms with Gasteiger partial charge in [-0.1, -0.05) is 11.6 Å². The molecule has 114 valence electrons. The zero-order chi connectivity index (χ0) is 15.7. The van der Waals surface area contributed by atoms with E-state index in [1.165, 1.54) is 6.92 Å². The maximum atomic E-state index is 13.1. The Bertz CT molecular complexity index is 719. The van der Waals surface area contributed by atoms with Gasteiger partial charge in [0.2, 0.25) is 10.0 Å². The Morgan fingerprint density at radius 1 is 1.35 bits per heavy atom. The van der Waals surface area contributed by atoms with Crippen molar-refractivity contribution in [3.63, 3.8) is 0 Å². The number of sulfone groups is 1. The summed E-state index contributed by atoms with van der Waals surface area (Å²) in [6, 6.07) is 0.803. The first kappa shape index (κ1) is 17.2. The molecule has 10 heteroatoms. The van der Waals surface area contributed by atoms with Crippen molar-refractivity contribution in [1.82, 2.24) is 4.72 Å². The highest BCUT2D eigenvalue weighted by atomic mass is 35.5. The summed E-state index contributed by atoms with van der Waals surface area (Å²) in [5, 5.41) is -0.337. The quantitative estimate of drug-likeness (QED) is 0.767. The van der Waals surface area contributed by atoms with Crippen LogP contribution in [-0.2, 0) is 19.9 Å². The number of hydrogen-bond acceptors (Lipinski definition) is 5. The van der Waals surface area contributed by atoms with E-state index in [9.17, 15) is 21.2 Å². The van der Waals surface area contributed by atoms with Gasteiger partial charge in [-0.3, -0.25) is 0 Å². The van der Waals surface area contributed by atoms with Crippen LogP contribution in [-0.4, -0.2) is 34.9 Å². The molecule has 0 heterocycles. The van der Waals surface area contributed by atoms with Gasteiger partial charge in [0.25, 0.3) is 0 Å². The van der Waals surface area contributed by atoms with Crippen LogP contribution in [0.1, 0.15) is 6.92 Å². The normalized spacial score (nSPS) is 14.2. The lowest BCUT2D eigenvalue weighted by Crippen LogP contribution is -2.37. The second-order valence-electron chi connectivity index (χ2n) is 4.42. The molecule has 0 aliphatic heterocycles. The Morgan fingerprint density at radius 2 is 1.90 bits per heavy atom. The summed E-state index contributed by atoms with van der Waals surface area (Å²) in [7, 11) is -7.44. The van der Waals surface area contributed by atoms with Gasteiger partial charge in [-0.2, -0.15) is 0 Å². The smallest absolute Gasteiger partial charge is 0.242 e. The fraction of sp³-hybridized carbons (Fsp3) is 0.400. The number of nitrogens with one attached hydrogen (secondary N) is 1. The third kappa shape index (κ3) is 4.58. The van der Waals surface area contributed by atoms with Crippen LogP contribution >= 0.6 is 11.6 Å². The zero-order valence-electron chi connectivity index (χ0n) is 10.7. The van der Waals surface area contributed by atoms with Crippen LogP contribution in [0.5, 0.6) is 0 Å². The average molecular weight is 345 g/mol. The molecule has 1 aromatic carbocycles. The molecule has 0 spiro atoms. The molecule has 20 heavy (non-hydrogen) atoms. The Kier molecular flexibility index (Phi) is 5.01. The van der Waals surface area contributed by atoms with Gasteiger partial charge < -0.3 is 5.73 Å². The van der Waals surface area contributed by atoms with Crippen LogP contribution in [0.2, 0.25) is 5.02 Å². The standard InChI is InChI=1S/C10H14ClFN2O4S2/c1-6(5-19(2,15)16)14-20(17,18)10-4-9(13)8(12)3-7(10)11/h3-4,6,14H,5,13H2,1-2H3. The third-order valence-electron chi connectivity index (χ3n) is 2.25. The lowest BCUT2D eigenvalue weighted by molar-refractivity contribution is 0.564. The highest BCUT2D eigenvalue weighted by molar-refractivity contribution is 7.91. The SMILES string of the molecule is CC(CS(C)(=O)=O)NS(=O)(=O)c1cc(N)c(F)cc1Cl. The first-order chi connectivity index (χ1) is 8.92. The van der Waals surface area contributed by atoms with Crippen molar-refractivity contribution in [1.29, 1.82) is 0 Å². The van der Waals surface area contributed by atoms with Gasteiger partial charge in [0.05, 0.1) is 16.5 Å². The van der Waals surface area contributed by atoms with Gasteiger partial charge in [0.1, 0.15) is 20.5 Å². The molecule has 1 rings (SSSR count). The predicted molar refractivity (Wildman–Crippen MR) is 75.3 cm³/mol. The van der Waals surface area contributed by atoms with E-state index in [0.717, 1.165) is 18.4 Å². The topological polar surface area (TPSA) is 106 Å². The molecule has 0 amide bonds. The van der Waals surface area contributed by atoms with Crippen LogP contribution in [0.4, 0.5) is 10.1 Å². The van der Waals surface area contributed by atoms with Crippen molar-refractivity contribution in [2.24, 2.45) is 0 Å². The fourth-order valence-electron chi connectivity index (χ4n) is 1.57. The minimum Gasteiger partial charge on any atom is -0.396 e. The molecule has 3 N–H and O–H groups in total. The van der Waals surface area contributed by atoms with E-state index in [1.807, 2.05) is 0 Å². The molecule has 0 radical (unpaired) electrons. The third-order valence-corrected chi connectivity index (χ3v) is 5.41. The lowest BCUT2D eigenvalue weighted by Gasteiger charge is -2.14. The number of anilines is 1. The van der Waals surface area contributed by atoms with E-state index in [2.05, 4.69) is 4.72 Å². The van der Waals surface area contributed by atoms with E-state index in [1.54, 1.807) is 0 Å². The van der Waals surface area contributed by atoms with E-state index in [-0.39, 0.29) is 16.5 Å². The van der Waals surface area contributed by atoms with Crippen molar-refractivity contribution < 1.29 is 21.2 Å². The summed E-state index contributed by atoms with van der Waals surface area (Å²) < 4.78 is 61.6. The first-order valence-corrected chi connectivity index (χ1v) is 9.29. The number of benzene rings is 1. The molecule has 0 aromatic heterocycles. The van der Waals surface area contributed by atoms with Gasteiger partial charge in [-0.25, -0.2) is 25.9 Å². The zero-order valence-corrected chi connectivity index (χ0v) is 13.1. The van der Waals surface area contributed by atoms with Crippen molar-refractivity contribution in [2.45, 2.75) is 17.9 Å². The van der Waals surface area contributed by atoms with E-state index < -0.39 is 36.6 Å². The summed E-state index contributed by atoms with van der Waals surface area (Å²) in [4.78, 5) is -0.404. The van der Waals surface area contributed by atoms with Gasteiger partial charge in [0.15, 0.2) is 0 Å². The summed E-state index contributed by atoms with van der Waals surface area (Å²) in [6.07, 6.45) is 0.987. The molecular formula is C10H14ClFN2O4S2. The summed E-state index contributed by atoms with van der Waals surface area (Å²) in [5.74, 6) is -1.21. The minimum atomic E-state index is -4.09. The largest absolute Gasteiger partial charge is 0.396 e. The first-order valence-electron chi connectivity index (χ1n) is 5.37. The molecule has 1 atom stereocenters. The van der Waals surface area contributed by atoms with Gasteiger partial charge in [-0.05, 0) is 19.1 Å². The number of nitrogen functional groups attached to an aromatic ring is 1. The summed E-state index contributed by atoms with van der Waals surface area (Å²) >= 11 is 5.67. The molecule has 1 unspecified atom stereocenters. The van der Waals surface area contributed by atoms with E-state index in [4.69, 9.17) is 17.3 Å². The highest BCUT2D eigenvalue weighted by Crippen LogP contribution is 2.26. The molecule has 0 saturated carbocycles. The van der Waals surface area contributed by atoms with Crippen LogP contribution in [0.25, 0.3) is 0 Å². The van der Waals surface area contributed by atoms with Crippen LogP contribution in [0.15, 0.2) is 17.0 Å². The Labute approximate surface area is 122 Å². The molecule has 6 nitrogen and oxygen atoms in total. The second kappa shape index (κ2) is 5.84.